The van der Waals surface area contributed by atoms with Crippen LogP contribution in [0.1, 0.15) is 23.7 Å². The normalized spacial score (nSPS) is 10.7. The number of nitrogens with one attached hydrogen (secondary N) is 1. The van der Waals surface area contributed by atoms with Crippen LogP contribution in [0.5, 0.6) is 0 Å². The van der Waals surface area contributed by atoms with Crippen LogP contribution in [0.15, 0.2) is 23.0 Å². The molecule has 0 aliphatic rings. The molecule has 2 rings (SSSR count). The van der Waals surface area contributed by atoms with Gasteiger partial charge < -0.3 is 4.98 Å². The van der Waals surface area contributed by atoms with E-state index in [2.05, 4.69) is 32.6 Å². The van der Waals surface area contributed by atoms with Gasteiger partial charge in [-0.1, -0.05) is 25.1 Å². The lowest BCUT2D eigenvalue weighted by atomic mass is 10.0. The van der Waals surface area contributed by atoms with E-state index in [1.165, 1.54) is 0 Å². The van der Waals surface area contributed by atoms with E-state index in [1.807, 2.05) is 39.0 Å². The van der Waals surface area contributed by atoms with E-state index in [-0.39, 0.29) is 5.56 Å². The number of benzene rings is 1. The third kappa shape index (κ3) is 2.34. The molecule has 0 spiro atoms. The fourth-order valence-electron chi connectivity index (χ4n) is 2.05. The minimum atomic E-state index is -0.0555. The van der Waals surface area contributed by atoms with Gasteiger partial charge in [-0.05, 0) is 54.0 Å². The smallest absolute Gasteiger partial charge is 0.264 e. The van der Waals surface area contributed by atoms with Crippen molar-refractivity contribution in [2.75, 3.05) is 0 Å². The molecule has 94 valence electrons. The third-order valence-corrected chi connectivity index (χ3v) is 4.10. The molecule has 0 aliphatic carbocycles. The minimum absolute atomic E-state index is 0.0555. The van der Waals surface area contributed by atoms with E-state index in [1.54, 1.807) is 0 Å². The second-order valence-corrected chi connectivity index (χ2v) is 5.37. The number of hydrogen-bond acceptors (Lipinski definition) is 2. The molecule has 0 atom stereocenters. The first-order valence-corrected chi connectivity index (χ1v) is 6.97. The van der Waals surface area contributed by atoms with E-state index >= 15 is 0 Å². The van der Waals surface area contributed by atoms with Gasteiger partial charge in [0.25, 0.3) is 5.56 Å². The largest absolute Gasteiger partial charge is 0.306 e. The van der Waals surface area contributed by atoms with E-state index in [0.29, 0.717) is 9.39 Å². The van der Waals surface area contributed by atoms with Crippen LogP contribution in [-0.4, -0.2) is 9.97 Å². The van der Waals surface area contributed by atoms with Crippen LogP contribution in [0.3, 0.4) is 0 Å². The fourth-order valence-corrected chi connectivity index (χ4v) is 2.68. The van der Waals surface area contributed by atoms with Gasteiger partial charge in [-0.25, -0.2) is 4.98 Å². The summed E-state index contributed by atoms with van der Waals surface area (Å²) in [6, 6.07) is 6.08. The Morgan fingerprint density at radius 2 is 1.89 bits per heavy atom. The van der Waals surface area contributed by atoms with Gasteiger partial charge in [0, 0.05) is 5.56 Å². The highest BCUT2D eigenvalue weighted by Crippen LogP contribution is 2.23. The molecule has 18 heavy (non-hydrogen) atoms. The number of halogens is 1. The van der Waals surface area contributed by atoms with E-state index in [0.717, 1.165) is 28.8 Å². The lowest BCUT2D eigenvalue weighted by Gasteiger charge is -2.10. The molecule has 0 saturated heterocycles. The highest BCUT2D eigenvalue weighted by Gasteiger charge is 2.12. The van der Waals surface area contributed by atoms with E-state index < -0.39 is 0 Å². The van der Waals surface area contributed by atoms with Crippen LogP contribution in [0.4, 0.5) is 0 Å². The number of aromatic amines is 1. The van der Waals surface area contributed by atoms with Crippen molar-refractivity contribution in [3.05, 3.63) is 48.9 Å². The van der Waals surface area contributed by atoms with Crippen molar-refractivity contribution < 1.29 is 0 Å². The molecule has 0 fully saturated rings. The molecule has 0 bridgehead atoms. The quantitative estimate of drug-likeness (QED) is 0.842. The van der Waals surface area contributed by atoms with Crippen LogP contribution in [0, 0.1) is 17.4 Å². The summed E-state index contributed by atoms with van der Waals surface area (Å²) < 4.78 is 0.685. The third-order valence-electron chi connectivity index (χ3n) is 2.98. The Balaban J connectivity index is 2.73. The first kappa shape index (κ1) is 13.3. The number of rotatable bonds is 2. The summed E-state index contributed by atoms with van der Waals surface area (Å²) in [5, 5.41) is 0. The Bertz CT molecular complexity index is 626. The van der Waals surface area contributed by atoms with Crippen molar-refractivity contribution in [3.63, 3.8) is 0 Å². The molecule has 0 saturated carbocycles. The minimum Gasteiger partial charge on any atom is -0.306 e. The number of hydrogen-bond donors (Lipinski definition) is 1. The van der Waals surface area contributed by atoms with Crippen LogP contribution in [0.25, 0.3) is 11.4 Å². The molecule has 1 aromatic heterocycles. The van der Waals surface area contributed by atoms with Crippen LogP contribution in [0.2, 0.25) is 0 Å². The zero-order valence-corrected chi connectivity index (χ0v) is 12.8. The van der Waals surface area contributed by atoms with Crippen molar-refractivity contribution in [1.82, 2.24) is 9.97 Å². The molecule has 0 aliphatic heterocycles. The highest BCUT2D eigenvalue weighted by molar-refractivity contribution is 14.1. The lowest BCUT2D eigenvalue weighted by Crippen LogP contribution is -2.16. The number of H-pyrrole nitrogens is 1. The topological polar surface area (TPSA) is 45.8 Å². The van der Waals surface area contributed by atoms with Gasteiger partial charge >= 0.3 is 0 Å². The molecule has 0 unspecified atom stereocenters. The molecular weight excluding hydrogens is 339 g/mol. The Labute approximate surface area is 120 Å². The zero-order valence-electron chi connectivity index (χ0n) is 10.7. The summed E-state index contributed by atoms with van der Waals surface area (Å²) >= 11 is 2.05. The average Bonchev–Trinajstić information content (AvgIpc) is 2.33. The first-order chi connectivity index (χ1) is 8.54. The number of aromatic nitrogens is 2. The molecule has 1 N–H and O–H groups in total. The Kier molecular flexibility index (Phi) is 3.85. The SMILES string of the molecule is CCc1nc(-c2c(C)cccc2C)[nH]c(=O)c1I. The lowest BCUT2D eigenvalue weighted by molar-refractivity contribution is 0.965. The molecule has 4 heteroatoms. The monoisotopic (exact) mass is 354 g/mol. The summed E-state index contributed by atoms with van der Waals surface area (Å²) in [4.78, 5) is 19.4. The first-order valence-electron chi connectivity index (χ1n) is 5.89. The van der Waals surface area contributed by atoms with E-state index in [4.69, 9.17) is 0 Å². The predicted octanol–water partition coefficient (Wildman–Crippen LogP) is 3.22. The second kappa shape index (κ2) is 5.22. The molecule has 0 radical (unpaired) electrons. The van der Waals surface area contributed by atoms with Crippen molar-refractivity contribution >= 4 is 22.6 Å². The Morgan fingerprint density at radius 1 is 1.28 bits per heavy atom. The van der Waals surface area contributed by atoms with Gasteiger partial charge in [-0.2, -0.15) is 0 Å². The van der Waals surface area contributed by atoms with Gasteiger partial charge in [-0.3, -0.25) is 4.79 Å². The Morgan fingerprint density at radius 3 is 2.44 bits per heavy atom. The maximum Gasteiger partial charge on any atom is 0.264 e. The van der Waals surface area contributed by atoms with Gasteiger partial charge in [-0.15, -0.1) is 0 Å². The van der Waals surface area contributed by atoms with Crippen LogP contribution >= 0.6 is 22.6 Å². The number of nitrogens with zero attached hydrogens (tertiary/aromatic N) is 1. The molecule has 1 aromatic carbocycles. The Hall–Kier alpha value is -1.17. The molecular formula is C14H15IN2O. The molecule has 2 aromatic rings. The summed E-state index contributed by atoms with van der Waals surface area (Å²) in [6.07, 6.45) is 0.764. The van der Waals surface area contributed by atoms with Crippen molar-refractivity contribution in [1.29, 1.82) is 0 Å². The average molecular weight is 354 g/mol. The maximum atomic E-state index is 11.9. The van der Waals surface area contributed by atoms with E-state index in [9.17, 15) is 4.79 Å². The van der Waals surface area contributed by atoms with Gasteiger partial charge in [0.15, 0.2) is 0 Å². The van der Waals surface area contributed by atoms with Crippen LogP contribution in [-0.2, 0) is 6.42 Å². The summed E-state index contributed by atoms with van der Waals surface area (Å²) in [5.41, 5.74) is 4.08. The molecule has 1 heterocycles. The van der Waals surface area contributed by atoms with Crippen LogP contribution < -0.4 is 5.56 Å². The van der Waals surface area contributed by atoms with Crippen molar-refractivity contribution in [2.24, 2.45) is 0 Å². The van der Waals surface area contributed by atoms with Gasteiger partial charge in [0.2, 0.25) is 0 Å². The van der Waals surface area contributed by atoms with Gasteiger partial charge in [0.05, 0.1) is 9.26 Å². The second-order valence-electron chi connectivity index (χ2n) is 4.30. The molecule has 3 nitrogen and oxygen atoms in total. The van der Waals surface area contributed by atoms with Gasteiger partial charge in [0.1, 0.15) is 5.82 Å². The summed E-state index contributed by atoms with van der Waals surface area (Å²) in [6.45, 7) is 6.08. The number of aryl methyl sites for hydroxylation is 3. The van der Waals surface area contributed by atoms with Crippen molar-refractivity contribution in [3.8, 4) is 11.4 Å². The predicted molar refractivity (Wildman–Crippen MR) is 81.9 cm³/mol. The zero-order chi connectivity index (χ0) is 13.3. The summed E-state index contributed by atoms with van der Waals surface area (Å²) in [7, 11) is 0. The standard InChI is InChI=1S/C14H15IN2O/c1-4-10-12(15)14(18)17-13(16-10)11-8(2)6-5-7-9(11)3/h5-7H,4H2,1-3H3,(H,16,17,18). The highest BCUT2D eigenvalue weighted by atomic mass is 127. The maximum absolute atomic E-state index is 11.9. The molecule has 0 amide bonds. The fraction of sp³-hybridized carbons (Fsp3) is 0.286. The summed E-state index contributed by atoms with van der Waals surface area (Å²) in [5.74, 6) is 0.674. The van der Waals surface area contributed by atoms with Crippen molar-refractivity contribution in [2.45, 2.75) is 27.2 Å².